The number of hydrogen-bond acceptors (Lipinski definition) is 3. The Morgan fingerprint density at radius 1 is 1.32 bits per heavy atom. The Kier molecular flexibility index (Phi) is 5.80. The van der Waals surface area contributed by atoms with E-state index < -0.39 is 0 Å². The molecule has 0 unspecified atom stereocenters. The Labute approximate surface area is 117 Å². The van der Waals surface area contributed by atoms with Gasteiger partial charge in [-0.1, -0.05) is 19.9 Å². The van der Waals surface area contributed by atoms with Gasteiger partial charge in [-0.25, -0.2) is 0 Å². The zero-order chi connectivity index (χ0) is 13.5. The van der Waals surface area contributed by atoms with Crippen LogP contribution in [0.2, 0.25) is 0 Å². The van der Waals surface area contributed by atoms with Crippen molar-refractivity contribution in [1.29, 1.82) is 0 Å². The van der Waals surface area contributed by atoms with E-state index in [0.717, 1.165) is 37.2 Å². The standard InChI is InChI=1S/C16H27N3/c1-14(2)15-6-10-19(11-7-15)12-9-17-13-16-5-3-4-8-18-16/h3-5,8,14-15,17H,6-7,9-13H2,1-2H3. The van der Waals surface area contributed by atoms with Gasteiger partial charge in [0.25, 0.3) is 0 Å². The van der Waals surface area contributed by atoms with Gasteiger partial charge in [-0.15, -0.1) is 0 Å². The number of hydrogen-bond donors (Lipinski definition) is 1. The molecule has 0 bridgehead atoms. The number of rotatable bonds is 6. The molecule has 3 nitrogen and oxygen atoms in total. The summed E-state index contributed by atoms with van der Waals surface area (Å²) in [5.41, 5.74) is 1.13. The number of piperidine rings is 1. The first-order valence-electron chi connectivity index (χ1n) is 7.58. The van der Waals surface area contributed by atoms with Crippen LogP contribution in [0.25, 0.3) is 0 Å². The van der Waals surface area contributed by atoms with Crippen molar-refractivity contribution in [3.05, 3.63) is 30.1 Å². The van der Waals surface area contributed by atoms with Crippen LogP contribution >= 0.6 is 0 Å². The molecule has 0 aliphatic carbocycles. The fraction of sp³-hybridized carbons (Fsp3) is 0.688. The maximum atomic E-state index is 4.32. The average Bonchev–Trinajstić information content (AvgIpc) is 2.45. The maximum absolute atomic E-state index is 4.32. The lowest BCUT2D eigenvalue weighted by Crippen LogP contribution is -2.39. The third-order valence-corrected chi connectivity index (χ3v) is 4.21. The molecule has 1 saturated heterocycles. The molecule has 1 fully saturated rings. The summed E-state index contributed by atoms with van der Waals surface area (Å²) in [6.07, 6.45) is 4.60. The van der Waals surface area contributed by atoms with Crippen molar-refractivity contribution in [2.45, 2.75) is 33.2 Å². The minimum absolute atomic E-state index is 0.851. The lowest BCUT2D eigenvalue weighted by Gasteiger charge is -2.33. The molecule has 106 valence electrons. The number of aromatic nitrogens is 1. The molecule has 2 heterocycles. The normalized spacial score (nSPS) is 18.1. The summed E-state index contributed by atoms with van der Waals surface area (Å²) >= 11 is 0. The zero-order valence-corrected chi connectivity index (χ0v) is 12.3. The number of nitrogens with one attached hydrogen (secondary N) is 1. The van der Waals surface area contributed by atoms with Crippen molar-refractivity contribution in [1.82, 2.24) is 15.2 Å². The van der Waals surface area contributed by atoms with E-state index in [1.54, 1.807) is 0 Å². The van der Waals surface area contributed by atoms with E-state index in [2.05, 4.69) is 35.1 Å². The molecular weight excluding hydrogens is 234 g/mol. The highest BCUT2D eigenvalue weighted by Crippen LogP contribution is 2.23. The molecule has 0 atom stereocenters. The maximum Gasteiger partial charge on any atom is 0.0541 e. The molecule has 1 aromatic rings. The van der Waals surface area contributed by atoms with Gasteiger partial charge in [-0.05, 0) is 49.9 Å². The highest BCUT2D eigenvalue weighted by molar-refractivity contribution is 5.02. The smallest absolute Gasteiger partial charge is 0.0541 e. The van der Waals surface area contributed by atoms with Gasteiger partial charge >= 0.3 is 0 Å². The van der Waals surface area contributed by atoms with Crippen LogP contribution in [0.5, 0.6) is 0 Å². The SMILES string of the molecule is CC(C)C1CCN(CCNCc2ccccn2)CC1. The fourth-order valence-electron chi connectivity index (χ4n) is 2.80. The predicted octanol–water partition coefficient (Wildman–Crippen LogP) is 2.54. The van der Waals surface area contributed by atoms with E-state index >= 15 is 0 Å². The van der Waals surface area contributed by atoms with Gasteiger partial charge < -0.3 is 10.2 Å². The van der Waals surface area contributed by atoms with E-state index in [-0.39, 0.29) is 0 Å². The Balaban J connectivity index is 1.57. The highest BCUT2D eigenvalue weighted by atomic mass is 15.1. The van der Waals surface area contributed by atoms with Crippen LogP contribution in [0.4, 0.5) is 0 Å². The lowest BCUT2D eigenvalue weighted by molar-refractivity contribution is 0.158. The molecule has 2 rings (SSSR count). The molecule has 0 spiro atoms. The van der Waals surface area contributed by atoms with Crippen LogP contribution < -0.4 is 5.32 Å². The summed E-state index contributed by atoms with van der Waals surface area (Å²) < 4.78 is 0. The third kappa shape index (κ3) is 4.92. The third-order valence-electron chi connectivity index (χ3n) is 4.21. The van der Waals surface area contributed by atoms with Gasteiger partial charge in [0, 0.05) is 25.8 Å². The van der Waals surface area contributed by atoms with Crippen LogP contribution in [0.15, 0.2) is 24.4 Å². The summed E-state index contributed by atoms with van der Waals surface area (Å²) in [6, 6.07) is 6.07. The highest BCUT2D eigenvalue weighted by Gasteiger charge is 2.20. The van der Waals surface area contributed by atoms with Crippen molar-refractivity contribution in [3.8, 4) is 0 Å². The molecule has 1 aromatic heterocycles. The van der Waals surface area contributed by atoms with Crippen LogP contribution in [-0.4, -0.2) is 36.1 Å². The Morgan fingerprint density at radius 2 is 2.11 bits per heavy atom. The number of nitrogens with zero attached hydrogens (tertiary/aromatic N) is 2. The molecular formula is C16H27N3. The molecule has 3 heteroatoms. The van der Waals surface area contributed by atoms with Crippen molar-refractivity contribution in [3.63, 3.8) is 0 Å². The van der Waals surface area contributed by atoms with Crippen molar-refractivity contribution in [2.75, 3.05) is 26.2 Å². The first kappa shape index (κ1) is 14.5. The number of likely N-dealkylation sites (tertiary alicyclic amines) is 1. The summed E-state index contributed by atoms with van der Waals surface area (Å²) in [5, 5.41) is 3.48. The summed E-state index contributed by atoms with van der Waals surface area (Å²) in [7, 11) is 0. The fourth-order valence-corrected chi connectivity index (χ4v) is 2.80. The first-order chi connectivity index (χ1) is 9.25. The van der Waals surface area contributed by atoms with Gasteiger partial charge in [0.2, 0.25) is 0 Å². The monoisotopic (exact) mass is 261 g/mol. The van der Waals surface area contributed by atoms with E-state index in [9.17, 15) is 0 Å². The molecule has 0 aromatic carbocycles. The van der Waals surface area contributed by atoms with E-state index in [1.165, 1.54) is 25.9 Å². The number of pyridine rings is 1. The minimum Gasteiger partial charge on any atom is -0.310 e. The predicted molar refractivity (Wildman–Crippen MR) is 79.9 cm³/mol. The van der Waals surface area contributed by atoms with Crippen molar-refractivity contribution in [2.24, 2.45) is 11.8 Å². The summed E-state index contributed by atoms with van der Waals surface area (Å²) in [5.74, 6) is 1.79. The second-order valence-corrected chi connectivity index (χ2v) is 5.92. The van der Waals surface area contributed by atoms with E-state index in [0.29, 0.717) is 0 Å². The molecule has 1 aliphatic heterocycles. The lowest BCUT2D eigenvalue weighted by atomic mass is 9.87. The van der Waals surface area contributed by atoms with Gasteiger partial charge in [0.1, 0.15) is 0 Å². The average molecular weight is 261 g/mol. The summed E-state index contributed by atoms with van der Waals surface area (Å²) in [4.78, 5) is 6.90. The Morgan fingerprint density at radius 3 is 2.74 bits per heavy atom. The quantitative estimate of drug-likeness (QED) is 0.798. The van der Waals surface area contributed by atoms with Crippen molar-refractivity contribution >= 4 is 0 Å². The summed E-state index contributed by atoms with van der Waals surface area (Å²) in [6.45, 7) is 10.4. The van der Waals surface area contributed by atoms with Crippen LogP contribution in [-0.2, 0) is 6.54 Å². The largest absolute Gasteiger partial charge is 0.310 e. The Hall–Kier alpha value is -0.930. The van der Waals surface area contributed by atoms with E-state index in [4.69, 9.17) is 0 Å². The minimum atomic E-state index is 0.851. The second-order valence-electron chi connectivity index (χ2n) is 5.92. The first-order valence-corrected chi connectivity index (χ1v) is 7.58. The van der Waals surface area contributed by atoms with Gasteiger partial charge in [-0.3, -0.25) is 4.98 Å². The molecule has 1 N–H and O–H groups in total. The van der Waals surface area contributed by atoms with Crippen LogP contribution in [0.3, 0.4) is 0 Å². The molecule has 1 aliphatic rings. The molecule has 0 saturated carbocycles. The second kappa shape index (κ2) is 7.61. The van der Waals surface area contributed by atoms with E-state index in [1.807, 2.05) is 18.3 Å². The van der Waals surface area contributed by atoms with Crippen LogP contribution in [0, 0.1) is 11.8 Å². The van der Waals surface area contributed by atoms with Crippen LogP contribution in [0.1, 0.15) is 32.4 Å². The zero-order valence-electron chi connectivity index (χ0n) is 12.3. The molecule has 0 radical (unpaired) electrons. The van der Waals surface area contributed by atoms with Gasteiger partial charge in [0.15, 0.2) is 0 Å². The van der Waals surface area contributed by atoms with Crippen molar-refractivity contribution < 1.29 is 0 Å². The molecule has 19 heavy (non-hydrogen) atoms. The van der Waals surface area contributed by atoms with Gasteiger partial charge in [-0.2, -0.15) is 0 Å². The topological polar surface area (TPSA) is 28.2 Å². The molecule has 0 amide bonds. The Bertz CT molecular complexity index is 342. The van der Waals surface area contributed by atoms with Gasteiger partial charge in [0.05, 0.1) is 5.69 Å².